The summed E-state index contributed by atoms with van der Waals surface area (Å²) in [5, 5.41) is 3.02. The molecule has 1 saturated heterocycles. The molecule has 1 N–H and O–H groups in total. The maximum Gasteiger partial charge on any atom is 0.224 e. The second kappa shape index (κ2) is 8.05. The van der Waals surface area contributed by atoms with Crippen LogP contribution in [0, 0.1) is 12.8 Å². The lowest BCUT2D eigenvalue weighted by Crippen LogP contribution is -2.32. The van der Waals surface area contributed by atoms with Crippen molar-refractivity contribution in [2.45, 2.75) is 39.5 Å². The molecule has 1 amide bonds. The van der Waals surface area contributed by atoms with Gasteiger partial charge in [0.2, 0.25) is 5.91 Å². The van der Waals surface area contributed by atoms with Crippen molar-refractivity contribution in [3.05, 3.63) is 60.0 Å². The van der Waals surface area contributed by atoms with Gasteiger partial charge >= 0.3 is 0 Å². The van der Waals surface area contributed by atoms with Gasteiger partial charge in [0.05, 0.1) is 5.69 Å². The number of anilines is 2. The normalized spacial score (nSPS) is 15.1. The van der Waals surface area contributed by atoms with Gasteiger partial charge in [0.15, 0.2) is 0 Å². The Morgan fingerprint density at radius 3 is 2.64 bits per heavy atom. The van der Waals surface area contributed by atoms with Crippen molar-refractivity contribution < 1.29 is 4.79 Å². The predicted octanol–water partition coefficient (Wildman–Crippen LogP) is 4.45. The van der Waals surface area contributed by atoms with E-state index < -0.39 is 0 Å². The molecule has 5 heteroatoms. The number of rotatable bonds is 5. The summed E-state index contributed by atoms with van der Waals surface area (Å²) in [4.78, 5) is 19.4. The zero-order chi connectivity index (χ0) is 19.5. The fourth-order valence-corrected chi connectivity index (χ4v) is 3.94. The Balaban J connectivity index is 1.34. The number of aryl methyl sites for hydroxylation is 2. The maximum absolute atomic E-state index is 12.4. The van der Waals surface area contributed by atoms with Crippen LogP contribution in [0.5, 0.6) is 0 Å². The second-order valence-electron chi connectivity index (χ2n) is 7.84. The number of amides is 1. The molecule has 1 fully saturated rings. The van der Waals surface area contributed by atoms with Crippen LogP contribution in [0.25, 0.3) is 5.65 Å². The van der Waals surface area contributed by atoms with Gasteiger partial charge in [0, 0.05) is 42.8 Å². The fraction of sp³-hybridized carbons (Fsp3) is 0.391. The van der Waals surface area contributed by atoms with E-state index in [1.807, 2.05) is 43.5 Å². The highest BCUT2D eigenvalue weighted by Gasteiger charge is 2.16. The Kier molecular flexibility index (Phi) is 5.33. The number of hydrogen-bond acceptors (Lipinski definition) is 3. The third-order valence-corrected chi connectivity index (χ3v) is 5.72. The van der Waals surface area contributed by atoms with Gasteiger partial charge in [0.25, 0.3) is 0 Å². The third-order valence-electron chi connectivity index (χ3n) is 5.72. The Labute approximate surface area is 166 Å². The third kappa shape index (κ3) is 4.03. The lowest BCUT2D eigenvalue weighted by molar-refractivity contribution is -0.116. The van der Waals surface area contributed by atoms with Gasteiger partial charge in [-0.1, -0.05) is 13.0 Å². The number of fused-ring (bicyclic) bond motifs is 1. The van der Waals surface area contributed by atoms with E-state index >= 15 is 0 Å². The van der Waals surface area contributed by atoms with Crippen molar-refractivity contribution in [2.24, 2.45) is 5.92 Å². The van der Waals surface area contributed by atoms with Gasteiger partial charge in [-0.05, 0) is 68.5 Å². The molecule has 0 bridgehead atoms. The Bertz CT molecular complexity index is 952. The lowest BCUT2D eigenvalue weighted by Gasteiger charge is -2.32. The summed E-state index contributed by atoms with van der Waals surface area (Å²) in [6.45, 7) is 6.56. The Hall–Kier alpha value is -2.82. The van der Waals surface area contributed by atoms with Gasteiger partial charge < -0.3 is 14.6 Å². The summed E-state index contributed by atoms with van der Waals surface area (Å²) in [7, 11) is 0. The lowest BCUT2D eigenvalue weighted by atomic mass is 9.99. The molecule has 0 spiro atoms. The van der Waals surface area contributed by atoms with Crippen LogP contribution in [-0.2, 0) is 11.2 Å². The minimum Gasteiger partial charge on any atom is -0.372 e. The number of carbonyl (C=O) groups excluding carboxylic acids is 1. The first kappa shape index (κ1) is 18.5. The Morgan fingerprint density at radius 2 is 1.89 bits per heavy atom. The van der Waals surface area contributed by atoms with E-state index in [0.29, 0.717) is 12.8 Å². The van der Waals surface area contributed by atoms with Crippen molar-refractivity contribution in [2.75, 3.05) is 23.3 Å². The molecule has 146 valence electrons. The summed E-state index contributed by atoms with van der Waals surface area (Å²) in [6.07, 6.45) is 5.62. The average molecular weight is 377 g/mol. The topological polar surface area (TPSA) is 49.6 Å². The molecule has 0 aliphatic carbocycles. The maximum atomic E-state index is 12.4. The van der Waals surface area contributed by atoms with Gasteiger partial charge in [-0.15, -0.1) is 0 Å². The first-order valence-corrected chi connectivity index (χ1v) is 10.2. The summed E-state index contributed by atoms with van der Waals surface area (Å²) in [5.41, 5.74) is 5.11. The van der Waals surface area contributed by atoms with Crippen LogP contribution >= 0.6 is 0 Å². The monoisotopic (exact) mass is 376 g/mol. The highest BCUT2D eigenvalue weighted by molar-refractivity contribution is 5.91. The smallest absolute Gasteiger partial charge is 0.224 e. The van der Waals surface area contributed by atoms with E-state index in [4.69, 9.17) is 0 Å². The van der Waals surface area contributed by atoms with Gasteiger partial charge in [-0.2, -0.15) is 0 Å². The average Bonchev–Trinajstić information content (AvgIpc) is 3.03. The Morgan fingerprint density at radius 1 is 1.14 bits per heavy atom. The van der Waals surface area contributed by atoms with Crippen molar-refractivity contribution in [1.82, 2.24) is 9.38 Å². The predicted molar refractivity (Wildman–Crippen MR) is 114 cm³/mol. The van der Waals surface area contributed by atoms with Crippen LogP contribution in [0.1, 0.15) is 37.6 Å². The number of hydrogen-bond donors (Lipinski definition) is 1. The number of imidazole rings is 1. The van der Waals surface area contributed by atoms with Crippen LogP contribution in [0.2, 0.25) is 0 Å². The molecule has 3 aromatic rings. The van der Waals surface area contributed by atoms with E-state index in [1.165, 1.54) is 18.5 Å². The van der Waals surface area contributed by atoms with Crippen LogP contribution in [0.3, 0.4) is 0 Å². The molecule has 4 rings (SSSR count). The molecule has 28 heavy (non-hydrogen) atoms. The summed E-state index contributed by atoms with van der Waals surface area (Å²) < 4.78 is 2.07. The van der Waals surface area contributed by atoms with Crippen molar-refractivity contribution in [3.8, 4) is 0 Å². The quantitative estimate of drug-likeness (QED) is 0.716. The number of nitrogens with zero attached hydrogens (tertiary/aromatic N) is 3. The SMILES string of the molecule is Cc1nc2ccccn2c1CCC(=O)Nc1ccc(N2CCC(C)CC2)cc1. The number of benzene rings is 1. The van der Waals surface area contributed by atoms with Crippen molar-refractivity contribution >= 4 is 22.9 Å². The standard InChI is InChI=1S/C23H28N4O/c1-17-12-15-26(16-13-17)20-8-6-19(7-9-20)25-23(28)11-10-21-18(2)24-22-5-3-4-14-27(21)22/h3-9,14,17H,10-13,15-16H2,1-2H3,(H,25,28). The van der Waals surface area contributed by atoms with Gasteiger partial charge in [-0.25, -0.2) is 4.98 Å². The molecule has 0 unspecified atom stereocenters. The summed E-state index contributed by atoms with van der Waals surface area (Å²) >= 11 is 0. The van der Waals surface area contributed by atoms with Crippen LogP contribution in [0.15, 0.2) is 48.7 Å². The van der Waals surface area contributed by atoms with Crippen LogP contribution < -0.4 is 10.2 Å². The molecule has 1 aromatic carbocycles. The molecule has 3 heterocycles. The highest BCUT2D eigenvalue weighted by atomic mass is 16.1. The number of aromatic nitrogens is 2. The van der Waals surface area contributed by atoms with Crippen molar-refractivity contribution in [1.29, 1.82) is 0 Å². The minimum absolute atomic E-state index is 0.0322. The first-order valence-electron chi connectivity index (χ1n) is 10.2. The zero-order valence-corrected chi connectivity index (χ0v) is 16.7. The molecule has 1 aliphatic heterocycles. The summed E-state index contributed by atoms with van der Waals surface area (Å²) in [5.74, 6) is 0.858. The van der Waals surface area contributed by atoms with E-state index in [0.717, 1.165) is 41.7 Å². The fourth-order valence-electron chi connectivity index (χ4n) is 3.94. The van der Waals surface area contributed by atoms with Crippen LogP contribution in [-0.4, -0.2) is 28.4 Å². The van der Waals surface area contributed by atoms with Crippen molar-refractivity contribution in [3.63, 3.8) is 0 Å². The number of carbonyl (C=O) groups is 1. The molecule has 0 atom stereocenters. The zero-order valence-electron chi connectivity index (χ0n) is 16.7. The van der Waals surface area contributed by atoms with Gasteiger partial charge in [-0.3, -0.25) is 4.79 Å². The molecule has 0 radical (unpaired) electrons. The van der Waals surface area contributed by atoms with E-state index in [9.17, 15) is 4.79 Å². The molecule has 2 aromatic heterocycles. The first-order chi connectivity index (χ1) is 13.6. The van der Waals surface area contributed by atoms with E-state index in [1.54, 1.807) is 0 Å². The van der Waals surface area contributed by atoms with Gasteiger partial charge in [0.1, 0.15) is 5.65 Å². The summed E-state index contributed by atoms with van der Waals surface area (Å²) in [6, 6.07) is 14.2. The molecule has 5 nitrogen and oxygen atoms in total. The number of pyridine rings is 1. The van der Waals surface area contributed by atoms with E-state index in [2.05, 4.69) is 38.7 Å². The number of nitrogens with one attached hydrogen (secondary N) is 1. The molecule has 0 saturated carbocycles. The molecular weight excluding hydrogens is 348 g/mol. The number of piperidine rings is 1. The molecular formula is C23H28N4O. The molecule has 1 aliphatic rings. The van der Waals surface area contributed by atoms with E-state index in [-0.39, 0.29) is 5.91 Å². The largest absolute Gasteiger partial charge is 0.372 e. The second-order valence-corrected chi connectivity index (χ2v) is 7.84. The highest BCUT2D eigenvalue weighted by Crippen LogP contribution is 2.24. The minimum atomic E-state index is 0.0322. The van der Waals surface area contributed by atoms with Crippen LogP contribution in [0.4, 0.5) is 11.4 Å².